The van der Waals surface area contributed by atoms with Gasteiger partial charge in [0.1, 0.15) is 0 Å². The minimum absolute atomic E-state index is 0.0261. The van der Waals surface area contributed by atoms with Gasteiger partial charge in [0.15, 0.2) is 0 Å². The Morgan fingerprint density at radius 1 is 1.30 bits per heavy atom. The molecule has 0 unspecified atom stereocenters. The Morgan fingerprint density at radius 3 is 2.60 bits per heavy atom. The van der Waals surface area contributed by atoms with Crippen LogP contribution in [0.4, 0.5) is 0 Å². The van der Waals surface area contributed by atoms with Crippen molar-refractivity contribution in [3.63, 3.8) is 0 Å². The van der Waals surface area contributed by atoms with Gasteiger partial charge in [-0.25, -0.2) is 0 Å². The van der Waals surface area contributed by atoms with Crippen LogP contribution in [0.2, 0.25) is 0 Å². The highest BCUT2D eigenvalue weighted by molar-refractivity contribution is 7.10. The van der Waals surface area contributed by atoms with Gasteiger partial charge in [0, 0.05) is 4.88 Å². The van der Waals surface area contributed by atoms with E-state index in [1.165, 1.54) is 10.4 Å². The standard InChI is InChI=1S/C16H20N2OS/c1-2-4-12-6-8-13(9-7-12)16(18-11-15(17)19)14-5-3-10-20-14/h3,5-10,16,18H,2,4,11H2,1H3,(H2,17,19)/t16-/m0/s1. The molecule has 4 heteroatoms. The number of nitrogens with one attached hydrogen (secondary N) is 1. The van der Waals surface area contributed by atoms with Crippen LogP contribution in [0.1, 0.15) is 35.4 Å². The molecule has 0 aliphatic carbocycles. The lowest BCUT2D eigenvalue weighted by Gasteiger charge is -2.17. The number of benzene rings is 1. The summed E-state index contributed by atoms with van der Waals surface area (Å²) in [7, 11) is 0. The molecule has 1 aromatic heterocycles. The van der Waals surface area contributed by atoms with Gasteiger partial charge in [-0.3, -0.25) is 10.1 Å². The van der Waals surface area contributed by atoms with Crippen LogP contribution in [0.5, 0.6) is 0 Å². The number of thiophene rings is 1. The summed E-state index contributed by atoms with van der Waals surface area (Å²) in [4.78, 5) is 12.2. The molecule has 0 bridgehead atoms. The molecular formula is C16H20N2OS. The summed E-state index contributed by atoms with van der Waals surface area (Å²) in [5.74, 6) is -0.339. The van der Waals surface area contributed by atoms with Crippen LogP contribution in [0.15, 0.2) is 41.8 Å². The van der Waals surface area contributed by atoms with E-state index in [0.717, 1.165) is 18.4 Å². The van der Waals surface area contributed by atoms with Crippen LogP contribution < -0.4 is 11.1 Å². The number of primary amides is 1. The third-order valence-corrected chi connectivity index (χ3v) is 4.10. The smallest absolute Gasteiger partial charge is 0.231 e. The Hall–Kier alpha value is -1.65. The first-order valence-electron chi connectivity index (χ1n) is 6.84. The lowest BCUT2D eigenvalue weighted by atomic mass is 10.0. The second-order valence-electron chi connectivity index (χ2n) is 4.79. The van der Waals surface area contributed by atoms with Gasteiger partial charge < -0.3 is 5.73 Å². The molecule has 3 N–H and O–H groups in total. The van der Waals surface area contributed by atoms with Crippen molar-refractivity contribution in [3.8, 4) is 0 Å². The number of hydrogen-bond donors (Lipinski definition) is 2. The van der Waals surface area contributed by atoms with Gasteiger partial charge in [-0.05, 0) is 29.0 Å². The Bertz CT molecular complexity index is 534. The third-order valence-electron chi connectivity index (χ3n) is 3.16. The Labute approximate surface area is 123 Å². The fourth-order valence-corrected chi connectivity index (χ4v) is 3.03. The van der Waals surface area contributed by atoms with Gasteiger partial charge in [0.2, 0.25) is 5.91 Å². The second-order valence-corrected chi connectivity index (χ2v) is 5.77. The molecule has 0 saturated heterocycles. The first-order chi connectivity index (χ1) is 9.70. The molecule has 0 aliphatic rings. The van der Waals surface area contributed by atoms with Crippen molar-refractivity contribution in [3.05, 3.63) is 57.8 Å². The Kier molecular flexibility index (Phi) is 5.32. The Balaban J connectivity index is 2.19. The van der Waals surface area contributed by atoms with Gasteiger partial charge in [0.05, 0.1) is 12.6 Å². The molecule has 0 radical (unpaired) electrons. The quantitative estimate of drug-likeness (QED) is 0.823. The molecule has 0 aliphatic heterocycles. The summed E-state index contributed by atoms with van der Waals surface area (Å²) in [5, 5.41) is 5.27. The second kappa shape index (κ2) is 7.22. The topological polar surface area (TPSA) is 55.1 Å². The first-order valence-corrected chi connectivity index (χ1v) is 7.72. The van der Waals surface area contributed by atoms with Gasteiger partial charge in [-0.1, -0.05) is 43.7 Å². The summed E-state index contributed by atoms with van der Waals surface area (Å²) >= 11 is 1.68. The number of nitrogens with two attached hydrogens (primary N) is 1. The zero-order valence-corrected chi connectivity index (χ0v) is 12.5. The van der Waals surface area contributed by atoms with Crippen LogP contribution >= 0.6 is 11.3 Å². The summed E-state index contributed by atoms with van der Waals surface area (Å²) in [6, 6.07) is 12.7. The number of hydrogen-bond acceptors (Lipinski definition) is 3. The van der Waals surface area contributed by atoms with E-state index in [4.69, 9.17) is 5.73 Å². The average molecular weight is 288 g/mol. The molecule has 1 heterocycles. The van der Waals surface area contributed by atoms with Crippen LogP contribution in [0, 0.1) is 0 Å². The maximum atomic E-state index is 11.0. The van der Waals surface area contributed by atoms with E-state index in [1.807, 2.05) is 11.4 Å². The van der Waals surface area contributed by atoms with Crippen molar-refractivity contribution in [1.82, 2.24) is 5.32 Å². The molecule has 106 valence electrons. The van der Waals surface area contributed by atoms with Crippen molar-refractivity contribution in [2.75, 3.05) is 6.54 Å². The van der Waals surface area contributed by atoms with Gasteiger partial charge in [-0.2, -0.15) is 0 Å². The fraction of sp³-hybridized carbons (Fsp3) is 0.312. The molecule has 0 saturated carbocycles. The van der Waals surface area contributed by atoms with E-state index in [-0.39, 0.29) is 18.5 Å². The van der Waals surface area contributed by atoms with E-state index in [9.17, 15) is 4.79 Å². The SMILES string of the molecule is CCCc1ccc([C@H](NCC(N)=O)c2cccs2)cc1. The zero-order valence-electron chi connectivity index (χ0n) is 11.6. The van der Waals surface area contributed by atoms with Gasteiger partial charge in [0.25, 0.3) is 0 Å². The van der Waals surface area contributed by atoms with Crippen molar-refractivity contribution < 1.29 is 4.79 Å². The van der Waals surface area contributed by atoms with E-state index < -0.39 is 0 Å². The highest BCUT2D eigenvalue weighted by Gasteiger charge is 2.15. The molecule has 1 atom stereocenters. The summed E-state index contributed by atoms with van der Waals surface area (Å²) < 4.78 is 0. The maximum Gasteiger partial charge on any atom is 0.231 e. The van der Waals surface area contributed by atoms with Crippen LogP contribution in [0.3, 0.4) is 0 Å². The molecule has 1 amide bonds. The van der Waals surface area contributed by atoms with Crippen LogP contribution in [0.25, 0.3) is 0 Å². The summed E-state index contributed by atoms with van der Waals surface area (Å²) in [5.41, 5.74) is 7.74. The minimum Gasteiger partial charge on any atom is -0.369 e. The van der Waals surface area contributed by atoms with Gasteiger partial charge >= 0.3 is 0 Å². The molecular weight excluding hydrogens is 268 g/mol. The third kappa shape index (κ3) is 3.92. The minimum atomic E-state index is -0.339. The number of aryl methyl sites for hydroxylation is 1. The van der Waals surface area contributed by atoms with Crippen molar-refractivity contribution in [2.24, 2.45) is 5.73 Å². The molecule has 20 heavy (non-hydrogen) atoms. The Morgan fingerprint density at radius 2 is 2.05 bits per heavy atom. The van der Waals surface area contributed by atoms with Crippen molar-refractivity contribution in [2.45, 2.75) is 25.8 Å². The molecule has 2 aromatic rings. The summed E-state index contributed by atoms with van der Waals surface area (Å²) in [6.07, 6.45) is 2.24. The molecule has 0 fully saturated rings. The summed E-state index contributed by atoms with van der Waals surface area (Å²) in [6.45, 7) is 2.36. The van der Waals surface area contributed by atoms with E-state index in [2.05, 4.69) is 42.6 Å². The lowest BCUT2D eigenvalue weighted by molar-refractivity contribution is -0.117. The average Bonchev–Trinajstić information content (AvgIpc) is 2.95. The fourth-order valence-electron chi connectivity index (χ4n) is 2.21. The first kappa shape index (κ1) is 14.8. The normalized spacial score (nSPS) is 12.2. The predicted molar refractivity (Wildman–Crippen MR) is 83.8 cm³/mol. The largest absolute Gasteiger partial charge is 0.369 e. The van der Waals surface area contributed by atoms with Crippen molar-refractivity contribution in [1.29, 1.82) is 0 Å². The number of amides is 1. The van der Waals surface area contributed by atoms with Gasteiger partial charge in [-0.15, -0.1) is 11.3 Å². The molecule has 1 aromatic carbocycles. The number of carbonyl (C=O) groups is 1. The molecule has 2 rings (SSSR count). The number of rotatable bonds is 7. The van der Waals surface area contributed by atoms with E-state index >= 15 is 0 Å². The molecule has 0 spiro atoms. The van der Waals surface area contributed by atoms with Crippen LogP contribution in [-0.4, -0.2) is 12.5 Å². The van der Waals surface area contributed by atoms with Crippen LogP contribution in [-0.2, 0) is 11.2 Å². The monoisotopic (exact) mass is 288 g/mol. The molecule has 3 nitrogen and oxygen atoms in total. The maximum absolute atomic E-state index is 11.0. The lowest BCUT2D eigenvalue weighted by Crippen LogP contribution is -2.31. The number of carbonyl (C=O) groups excluding carboxylic acids is 1. The highest BCUT2D eigenvalue weighted by atomic mass is 32.1. The van der Waals surface area contributed by atoms with E-state index in [0.29, 0.717) is 0 Å². The van der Waals surface area contributed by atoms with E-state index in [1.54, 1.807) is 11.3 Å². The predicted octanol–water partition coefficient (Wildman–Crippen LogP) is 2.86. The van der Waals surface area contributed by atoms with Crippen molar-refractivity contribution >= 4 is 17.2 Å². The zero-order chi connectivity index (χ0) is 14.4. The highest BCUT2D eigenvalue weighted by Crippen LogP contribution is 2.26.